The average Bonchev–Trinajstić information content (AvgIpc) is 2.59. The molecule has 0 bridgehead atoms. The molecule has 1 aliphatic heterocycles. The van der Waals surface area contributed by atoms with Crippen molar-refractivity contribution in [3.05, 3.63) is 17.5 Å². The van der Waals surface area contributed by atoms with Gasteiger partial charge < -0.3 is 10.4 Å². The molecule has 0 saturated carbocycles. The second kappa shape index (κ2) is 4.70. The molecular weight excluding hydrogens is 228 g/mol. The number of alkyl halides is 2. The van der Waals surface area contributed by atoms with Gasteiger partial charge in [0.25, 0.3) is 6.43 Å². The van der Waals surface area contributed by atoms with Gasteiger partial charge in [-0.2, -0.15) is 5.10 Å². The van der Waals surface area contributed by atoms with E-state index in [1.807, 2.05) is 0 Å². The van der Waals surface area contributed by atoms with E-state index in [1.54, 1.807) is 13.2 Å². The average molecular weight is 245 g/mol. The minimum absolute atomic E-state index is 0.216. The van der Waals surface area contributed by atoms with E-state index >= 15 is 0 Å². The number of nitrogens with zero attached hydrogens (tertiary/aromatic N) is 2. The van der Waals surface area contributed by atoms with Gasteiger partial charge >= 0.3 is 0 Å². The first kappa shape index (κ1) is 12.4. The molecule has 2 rings (SSSR count). The molecule has 0 aromatic carbocycles. The molecule has 1 saturated heterocycles. The number of piperidine rings is 1. The lowest BCUT2D eigenvalue weighted by molar-refractivity contribution is 0.0161. The van der Waals surface area contributed by atoms with Crippen LogP contribution in [0.4, 0.5) is 8.78 Å². The summed E-state index contributed by atoms with van der Waals surface area (Å²) in [6.45, 7) is 1.32. The van der Waals surface area contributed by atoms with Crippen molar-refractivity contribution in [3.63, 3.8) is 0 Å². The molecule has 1 aromatic rings. The van der Waals surface area contributed by atoms with E-state index in [1.165, 1.54) is 4.68 Å². The molecule has 17 heavy (non-hydrogen) atoms. The van der Waals surface area contributed by atoms with Crippen LogP contribution in [0.2, 0.25) is 0 Å². The Morgan fingerprint density at radius 3 is 3.00 bits per heavy atom. The number of aliphatic hydroxyl groups is 1. The van der Waals surface area contributed by atoms with Crippen molar-refractivity contribution in [1.29, 1.82) is 0 Å². The maximum absolute atomic E-state index is 12.7. The normalized spacial score (nSPS) is 25.5. The highest BCUT2D eigenvalue weighted by Gasteiger charge is 2.32. The number of hydrogen-bond donors (Lipinski definition) is 2. The van der Waals surface area contributed by atoms with Gasteiger partial charge in [-0.1, -0.05) is 0 Å². The second-order valence-electron chi connectivity index (χ2n) is 4.70. The molecule has 1 fully saturated rings. The Labute approximate surface area is 98.6 Å². The summed E-state index contributed by atoms with van der Waals surface area (Å²) in [5, 5.41) is 17.1. The van der Waals surface area contributed by atoms with Crippen LogP contribution >= 0.6 is 0 Å². The van der Waals surface area contributed by atoms with Crippen molar-refractivity contribution in [2.75, 3.05) is 13.1 Å². The molecule has 0 radical (unpaired) electrons. The lowest BCUT2D eigenvalue weighted by Crippen LogP contribution is -2.47. The topological polar surface area (TPSA) is 50.1 Å². The van der Waals surface area contributed by atoms with Gasteiger partial charge in [0.2, 0.25) is 0 Å². The summed E-state index contributed by atoms with van der Waals surface area (Å²) in [7, 11) is 1.61. The molecule has 1 aromatic heterocycles. The van der Waals surface area contributed by atoms with E-state index in [4.69, 9.17) is 0 Å². The van der Waals surface area contributed by atoms with Crippen molar-refractivity contribution in [3.8, 4) is 0 Å². The monoisotopic (exact) mass is 245 g/mol. The standard InChI is InChI=1S/C11H17F2N3O/c1-16-6-8(9(15-16)10(12)13)5-11(17)3-2-4-14-7-11/h6,10,14,17H,2-5,7H2,1H3. The molecule has 2 N–H and O–H groups in total. The van der Waals surface area contributed by atoms with E-state index < -0.39 is 12.0 Å². The molecule has 0 spiro atoms. The van der Waals surface area contributed by atoms with Gasteiger partial charge in [-0.05, 0) is 19.4 Å². The number of aryl methyl sites for hydroxylation is 1. The maximum atomic E-state index is 12.7. The number of hydrogen-bond acceptors (Lipinski definition) is 3. The number of nitrogens with one attached hydrogen (secondary N) is 1. The Morgan fingerprint density at radius 2 is 2.41 bits per heavy atom. The van der Waals surface area contributed by atoms with Gasteiger partial charge in [0, 0.05) is 31.8 Å². The minimum Gasteiger partial charge on any atom is -0.388 e. The quantitative estimate of drug-likeness (QED) is 0.835. The van der Waals surface area contributed by atoms with Gasteiger partial charge in [-0.15, -0.1) is 0 Å². The number of rotatable bonds is 3. The van der Waals surface area contributed by atoms with E-state index in [0.717, 1.165) is 13.0 Å². The highest BCUT2D eigenvalue weighted by molar-refractivity contribution is 5.21. The Morgan fingerprint density at radius 1 is 1.65 bits per heavy atom. The lowest BCUT2D eigenvalue weighted by Gasteiger charge is -2.32. The maximum Gasteiger partial charge on any atom is 0.282 e. The van der Waals surface area contributed by atoms with Gasteiger partial charge in [-0.3, -0.25) is 4.68 Å². The van der Waals surface area contributed by atoms with Crippen molar-refractivity contribution < 1.29 is 13.9 Å². The zero-order valence-corrected chi connectivity index (χ0v) is 9.79. The molecule has 4 nitrogen and oxygen atoms in total. The molecule has 2 heterocycles. The molecule has 1 aliphatic rings. The minimum atomic E-state index is -2.59. The molecular formula is C11H17F2N3O. The predicted molar refractivity (Wildman–Crippen MR) is 58.9 cm³/mol. The molecule has 0 aliphatic carbocycles. The summed E-state index contributed by atoms with van der Waals surface area (Å²) in [4.78, 5) is 0. The Hall–Kier alpha value is -1.01. The van der Waals surface area contributed by atoms with Crippen LogP contribution in [0, 0.1) is 0 Å². The van der Waals surface area contributed by atoms with Crippen LogP contribution in [0.3, 0.4) is 0 Å². The van der Waals surface area contributed by atoms with Gasteiger partial charge in [0.15, 0.2) is 0 Å². The zero-order chi connectivity index (χ0) is 12.5. The Balaban J connectivity index is 2.17. The van der Waals surface area contributed by atoms with Gasteiger partial charge in [0.1, 0.15) is 5.69 Å². The first-order chi connectivity index (χ1) is 8.00. The van der Waals surface area contributed by atoms with Gasteiger partial charge in [0.05, 0.1) is 5.60 Å². The summed E-state index contributed by atoms with van der Waals surface area (Å²) in [6.07, 6.45) is 0.700. The van der Waals surface area contributed by atoms with Crippen LogP contribution in [0.1, 0.15) is 30.5 Å². The fourth-order valence-electron chi connectivity index (χ4n) is 2.33. The molecule has 6 heteroatoms. The van der Waals surface area contributed by atoms with E-state index in [0.29, 0.717) is 18.5 Å². The van der Waals surface area contributed by atoms with Crippen molar-refractivity contribution in [2.24, 2.45) is 7.05 Å². The van der Waals surface area contributed by atoms with Crippen LogP contribution in [0.15, 0.2) is 6.20 Å². The van der Waals surface area contributed by atoms with E-state index in [2.05, 4.69) is 10.4 Å². The zero-order valence-electron chi connectivity index (χ0n) is 9.79. The third kappa shape index (κ3) is 2.81. The first-order valence-electron chi connectivity index (χ1n) is 5.74. The summed E-state index contributed by atoms with van der Waals surface area (Å²) >= 11 is 0. The fourth-order valence-corrected chi connectivity index (χ4v) is 2.33. The Bertz CT molecular complexity index is 386. The van der Waals surface area contributed by atoms with E-state index in [-0.39, 0.29) is 12.1 Å². The van der Waals surface area contributed by atoms with Crippen LogP contribution in [0.5, 0.6) is 0 Å². The lowest BCUT2D eigenvalue weighted by atomic mass is 9.88. The van der Waals surface area contributed by atoms with E-state index in [9.17, 15) is 13.9 Å². The van der Waals surface area contributed by atoms with Crippen molar-refractivity contribution in [2.45, 2.75) is 31.3 Å². The highest BCUT2D eigenvalue weighted by atomic mass is 19.3. The number of aromatic nitrogens is 2. The molecule has 1 atom stereocenters. The van der Waals surface area contributed by atoms with Crippen LogP contribution in [0.25, 0.3) is 0 Å². The summed E-state index contributed by atoms with van der Waals surface area (Å²) in [6, 6.07) is 0. The number of halogens is 2. The van der Waals surface area contributed by atoms with Gasteiger partial charge in [-0.25, -0.2) is 8.78 Å². The third-order valence-corrected chi connectivity index (χ3v) is 3.11. The van der Waals surface area contributed by atoms with Crippen molar-refractivity contribution >= 4 is 0 Å². The summed E-state index contributed by atoms with van der Waals surface area (Å²) in [5.41, 5.74) is -0.703. The first-order valence-corrected chi connectivity index (χ1v) is 5.74. The second-order valence-corrected chi connectivity index (χ2v) is 4.70. The predicted octanol–water partition coefficient (Wildman–Crippen LogP) is 1.01. The SMILES string of the molecule is Cn1cc(CC2(O)CCCNC2)c(C(F)F)n1. The van der Waals surface area contributed by atoms with Crippen LogP contribution in [-0.2, 0) is 13.5 Å². The summed E-state index contributed by atoms with van der Waals surface area (Å²) in [5.74, 6) is 0. The Kier molecular flexibility index (Phi) is 3.44. The largest absolute Gasteiger partial charge is 0.388 e. The number of β-amino-alcohol motifs (C(OH)–C–C–N with tert-alkyl or cyclic N) is 1. The van der Waals surface area contributed by atoms with Crippen LogP contribution < -0.4 is 5.32 Å². The smallest absolute Gasteiger partial charge is 0.282 e. The molecule has 96 valence electrons. The van der Waals surface area contributed by atoms with Crippen LogP contribution in [-0.4, -0.2) is 33.6 Å². The third-order valence-electron chi connectivity index (χ3n) is 3.11. The van der Waals surface area contributed by atoms with Crippen molar-refractivity contribution in [1.82, 2.24) is 15.1 Å². The summed E-state index contributed by atoms with van der Waals surface area (Å²) < 4.78 is 26.9. The highest BCUT2D eigenvalue weighted by Crippen LogP contribution is 2.27. The fraction of sp³-hybridized carbons (Fsp3) is 0.727. The molecule has 1 unspecified atom stereocenters. The molecule has 0 amide bonds.